The van der Waals surface area contributed by atoms with Crippen LogP contribution in [0.3, 0.4) is 0 Å². The van der Waals surface area contributed by atoms with Crippen LogP contribution < -0.4 is 5.32 Å². The van der Waals surface area contributed by atoms with Crippen molar-refractivity contribution in [3.63, 3.8) is 0 Å². The molecule has 1 fully saturated rings. The van der Waals surface area contributed by atoms with E-state index in [4.69, 9.17) is 5.10 Å². The highest BCUT2D eigenvalue weighted by Crippen LogP contribution is 2.31. The van der Waals surface area contributed by atoms with E-state index in [1.165, 1.54) is 12.0 Å². The second-order valence-electron chi connectivity index (χ2n) is 9.97. The Kier molecular flexibility index (Phi) is 6.88. The zero-order valence-corrected chi connectivity index (χ0v) is 20.4. The van der Waals surface area contributed by atoms with Crippen molar-refractivity contribution in [3.8, 4) is 11.3 Å². The minimum Gasteiger partial charge on any atom is -0.351 e. The van der Waals surface area contributed by atoms with Crippen molar-refractivity contribution < 1.29 is 9.59 Å². The Labute approximate surface area is 197 Å². The fourth-order valence-electron chi connectivity index (χ4n) is 4.93. The summed E-state index contributed by atoms with van der Waals surface area (Å²) in [5, 5.41) is 8.02. The number of nitrogens with one attached hydrogen (secondary N) is 1. The third kappa shape index (κ3) is 4.83. The first-order chi connectivity index (χ1) is 15.8. The van der Waals surface area contributed by atoms with Crippen LogP contribution in [0.15, 0.2) is 30.3 Å². The molecule has 1 saturated carbocycles. The molecule has 1 aromatic heterocycles. The van der Waals surface area contributed by atoms with E-state index in [1.54, 1.807) is 9.58 Å². The first kappa shape index (κ1) is 23.5. The van der Waals surface area contributed by atoms with E-state index < -0.39 is 5.54 Å². The van der Waals surface area contributed by atoms with Gasteiger partial charge in [-0.15, -0.1) is 0 Å². The third-order valence-electron chi connectivity index (χ3n) is 7.16. The Morgan fingerprint density at radius 2 is 1.88 bits per heavy atom. The minimum atomic E-state index is -0.979. The number of amides is 2. The molecule has 0 saturated heterocycles. The first-order valence-corrected chi connectivity index (χ1v) is 12.3. The quantitative estimate of drug-likeness (QED) is 0.701. The molecule has 7 heteroatoms. The highest BCUT2D eigenvalue weighted by molar-refractivity contribution is 6.00. The largest absolute Gasteiger partial charge is 0.351 e. The molecule has 4 rings (SSSR count). The summed E-state index contributed by atoms with van der Waals surface area (Å²) in [6, 6.07) is 10.4. The number of fused-ring (bicyclic) bond motifs is 1. The standard InChI is InChI=1S/C26H37N5O2/c1-5-19-11-13-20(14-12-19)22-17-23-24(32)30(16-15-29(3)4)26(2,18-31(23)28-22)25(33)27-21-9-7-6-8-10-21/h11-14,17,21H,5-10,15-16,18H2,1-4H3,(H,27,33)/t26-/m1/s1. The third-order valence-corrected chi connectivity index (χ3v) is 7.16. The average Bonchev–Trinajstić information content (AvgIpc) is 3.23. The summed E-state index contributed by atoms with van der Waals surface area (Å²) in [6.07, 6.45) is 6.53. The summed E-state index contributed by atoms with van der Waals surface area (Å²) in [7, 11) is 3.96. The SMILES string of the molecule is CCc1ccc(-c2cc3n(n2)C[C@](C)(C(=O)NC2CCCCC2)N(CCN(C)C)C3=O)cc1. The monoisotopic (exact) mass is 451 g/mol. The zero-order chi connectivity index (χ0) is 23.6. The molecule has 178 valence electrons. The first-order valence-electron chi connectivity index (χ1n) is 12.3. The van der Waals surface area contributed by atoms with Gasteiger partial charge in [0.25, 0.3) is 5.91 Å². The number of benzene rings is 1. The number of aryl methyl sites for hydroxylation is 1. The van der Waals surface area contributed by atoms with Gasteiger partial charge in [-0.2, -0.15) is 5.10 Å². The molecule has 2 aromatic rings. The fourth-order valence-corrected chi connectivity index (χ4v) is 4.93. The van der Waals surface area contributed by atoms with E-state index >= 15 is 0 Å². The summed E-state index contributed by atoms with van der Waals surface area (Å²) < 4.78 is 1.73. The van der Waals surface area contributed by atoms with E-state index in [2.05, 4.69) is 36.5 Å². The van der Waals surface area contributed by atoms with Crippen molar-refractivity contribution in [1.82, 2.24) is 24.9 Å². The highest BCUT2D eigenvalue weighted by Gasteiger charge is 2.48. The van der Waals surface area contributed by atoms with E-state index in [0.717, 1.165) is 43.4 Å². The Morgan fingerprint density at radius 1 is 1.18 bits per heavy atom. The number of hydrogen-bond acceptors (Lipinski definition) is 4. The van der Waals surface area contributed by atoms with Crippen LogP contribution in [0, 0.1) is 0 Å². The molecule has 1 aromatic carbocycles. The van der Waals surface area contributed by atoms with Crippen LogP contribution in [0.25, 0.3) is 11.3 Å². The minimum absolute atomic E-state index is 0.0727. The lowest BCUT2D eigenvalue weighted by molar-refractivity contribution is -0.134. The molecule has 0 spiro atoms. The topological polar surface area (TPSA) is 70.5 Å². The maximum Gasteiger partial charge on any atom is 0.273 e. The summed E-state index contributed by atoms with van der Waals surface area (Å²) in [5.74, 6) is -0.204. The summed E-state index contributed by atoms with van der Waals surface area (Å²) in [5.41, 5.74) is 2.58. The maximum atomic E-state index is 13.7. The molecule has 2 amide bonds. The van der Waals surface area contributed by atoms with Crippen molar-refractivity contribution in [2.75, 3.05) is 27.2 Å². The van der Waals surface area contributed by atoms with Gasteiger partial charge in [0.05, 0.1) is 12.2 Å². The number of carbonyl (C=O) groups excluding carboxylic acids is 2. The molecule has 0 radical (unpaired) electrons. The Morgan fingerprint density at radius 3 is 2.52 bits per heavy atom. The molecule has 2 heterocycles. The smallest absolute Gasteiger partial charge is 0.273 e. The van der Waals surface area contributed by atoms with Gasteiger partial charge in [-0.05, 0) is 51.9 Å². The molecule has 7 nitrogen and oxygen atoms in total. The molecule has 0 unspecified atom stereocenters. The molecule has 0 bridgehead atoms. The van der Waals surface area contributed by atoms with Crippen molar-refractivity contribution in [2.45, 2.75) is 70.5 Å². The van der Waals surface area contributed by atoms with E-state index in [-0.39, 0.29) is 17.9 Å². The Hall–Kier alpha value is -2.67. The predicted octanol–water partition coefficient (Wildman–Crippen LogP) is 3.34. The van der Waals surface area contributed by atoms with Crippen LogP contribution in [0.5, 0.6) is 0 Å². The average molecular weight is 452 g/mol. The lowest BCUT2D eigenvalue weighted by Crippen LogP contribution is -2.65. The number of hydrogen-bond donors (Lipinski definition) is 1. The van der Waals surface area contributed by atoms with Gasteiger partial charge in [-0.1, -0.05) is 50.5 Å². The van der Waals surface area contributed by atoms with Gasteiger partial charge < -0.3 is 15.1 Å². The van der Waals surface area contributed by atoms with Crippen LogP contribution in [-0.2, 0) is 17.8 Å². The van der Waals surface area contributed by atoms with Crippen molar-refractivity contribution in [3.05, 3.63) is 41.6 Å². The molecule has 1 N–H and O–H groups in total. The fraction of sp³-hybridized carbons (Fsp3) is 0.577. The molecular weight excluding hydrogens is 414 g/mol. The Bertz CT molecular complexity index is 991. The maximum absolute atomic E-state index is 13.7. The number of aromatic nitrogens is 2. The van der Waals surface area contributed by atoms with E-state index in [0.29, 0.717) is 25.3 Å². The van der Waals surface area contributed by atoms with Gasteiger partial charge in [0.1, 0.15) is 11.2 Å². The highest BCUT2D eigenvalue weighted by atomic mass is 16.2. The van der Waals surface area contributed by atoms with Crippen molar-refractivity contribution >= 4 is 11.8 Å². The lowest BCUT2D eigenvalue weighted by Gasteiger charge is -2.44. The van der Waals surface area contributed by atoms with Gasteiger partial charge in [0.2, 0.25) is 5.91 Å². The van der Waals surface area contributed by atoms with Gasteiger partial charge in [-0.3, -0.25) is 14.3 Å². The normalized spacial score (nSPS) is 21.4. The molecule has 2 aliphatic rings. The summed E-state index contributed by atoms with van der Waals surface area (Å²) >= 11 is 0. The summed E-state index contributed by atoms with van der Waals surface area (Å²) in [6.45, 7) is 5.56. The number of nitrogens with zero attached hydrogens (tertiary/aromatic N) is 4. The second kappa shape index (κ2) is 9.67. The van der Waals surface area contributed by atoms with Gasteiger partial charge >= 0.3 is 0 Å². The number of likely N-dealkylation sites (N-methyl/N-ethyl adjacent to an activating group) is 1. The number of rotatable bonds is 7. The lowest BCUT2D eigenvalue weighted by atomic mass is 9.91. The van der Waals surface area contributed by atoms with E-state index in [1.807, 2.05) is 32.0 Å². The van der Waals surface area contributed by atoms with Crippen LogP contribution >= 0.6 is 0 Å². The van der Waals surface area contributed by atoms with Crippen LogP contribution in [-0.4, -0.2) is 70.2 Å². The molecular formula is C26H37N5O2. The molecule has 1 aliphatic carbocycles. The van der Waals surface area contributed by atoms with Crippen molar-refractivity contribution in [1.29, 1.82) is 0 Å². The van der Waals surface area contributed by atoms with Crippen LogP contribution in [0.4, 0.5) is 0 Å². The zero-order valence-electron chi connectivity index (χ0n) is 20.4. The van der Waals surface area contributed by atoms with Gasteiger partial charge in [0.15, 0.2) is 0 Å². The number of carbonyl (C=O) groups is 2. The van der Waals surface area contributed by atoms with Crippen LogP contribution in [0.1, 0.15) is 62.0 Å². The summed E-state index contributed by atoms with van der Waals surface area (Å²) in [4.78, 5) is 31.0. The predicted molar refractivity (Wildman–Crippen MR) is 130 cm³/mol. The molecule has 1 atom stereocenters. The van der Waals surface area contributed by atoms with Crippen molar-refractivity contribution in [2.24, 2.45) is 0 Å². The van der Waals surface area contributed by atoms with Gasteiger partial charge in [-0.25, -0.2) is 0 Å². The van der Waals surface area contributed by atoms with Crippen LogP contribution in [0.2, 0.25) is 0 Å². The molecule has 33 heavy (non-hydrogen) atoms. The second-order valence-corrected chi connectivity index (χ2v) is 9.97. The van der Waals surface area contributed by atoms with Gasteiger partial charge in [0, 0.05) is 24.7 Å². The molecule has 1 aliphatic heterocycles. The van der Waals surface area contributed by atoms with E-state index in [9.17, 15) is 9.59 Å². The Balaban J connectivity index is 1.64.